The van der Waals surface area contributed by atoms with Gasteiger partial charge in [-0.25, -0.2) is 4.39 Å². The number of aromatic amines is 1. The third kappa shape index (κ3) is 5.05. The van der Waals surface area contributed by atoms with Crippen molar-refractivity contribution in [3.05, 3.63) is 65.4 Å². The van der Waals surface area contributed by atoms with E-state index < -0.39 is 0 Å². The van der Waals surface area contributed by atoms with Gasteiger partial charge in [0.2, 0.25) is 0 Å². The maximum Gasteiger partial charge on any atom is 0.169 e. The Bertz CT molecular complexity index is 929. The zero-order valence-corrected chi connectivity index (χ0v) is 17.0. The van der Waals surface area contributed by atoms with Crippen LogP contribution in [0.15, 0.2) is 42.6 Å². The molecular weight excluding hydrogens is 375 g/mol. The standard InChI is InChI=1S/C21H25FN4OS/c1-15-18(19-13-16(22)6-7-20(19)25-15)8-11-26(21(28)24-10-12-27-2)14-17-5-3-4-9-23-17/h3-7,9,13,25H,8,10-12,14H2,1-2H3,(H,24,28). The molecule has 0 amide bonds. The van der Waals surface area contributed by atoms with Crippen LogP contribution in [-0.4, -0.2) is 46.8 Å². The molecule has 1 aromatic carbocycles. The minimum atomic E-state index is -0.227. The summed E-state index contributed by atoms with van der Waals surface area (Å²) in [5.41, 5.74) is 4.06. The molecule has 5 nitrogen and oxygen atoms in total. The van der Waals surface area contributed by atoms with Gasteiger partial charge in [0.15, 0.2) is 5.11 Å². The lowest BCUT2D eigenvalue weighted by Gasteiger charge is -2.25. The van der Waals surface area contributed by atoms with Crippen LogP contribution in [0.2, 0.25) is 0 Å². The number of ether oxygens (including phenoxy) is 1. The lowest BCUT2D eigenvalue weighted by molar-refractivity contribution is 0.203. The monoisotopic (exact) mass is 400 g/mol. The third-order valence-corrected chi connectivity index (χ3v) is 5.06. The molecule has 0 unspecified atom stereocenters. The maximum absolute atomic E-state index is 13.7. The Kier molecular flexibility index (Phi) is 6.95. The number of hydrogen-bond acceptors (Lipinski definition) is 3. The number of H-pyrrole nitrogens is 1. The molecule has 0 aliphatic carbocycles. The Morgan fingerprint density at radius 2 is 2.18 bits per heavy atom. The molecule has 2 aromatic heterocycles. The lowest BCUT2D eigenvalue weighted by atomic mass is 10.1. The van der Waals surface area contributed by atoms with Crippen molar-refractivity contribution in [1.29, 1.82) is 0 Å². The molecule has 0 aliphatic rings. The van der Waals surface area contributed by atoms with E-state index >= 15 is 0 Å². The number of aryl methyl sites for hydroxylation is 1. The smallest absolute Gasteiger partial charge is 0.169 e. The second-order valence-electron chi connectivity index (χ2n) is 6.64. The largest absolute Gasteiger partial charge is 0.383 e. The molecule has 7 heteroatoms. The normalized spacial score (nSPS) is 11.0. The summed E-state index contributed by atoms with van der Waals surface area (Å²) in [6.45, 7) is 4.55. The zero-order chi connectivity index (χ0) is 19.9. The maximum atomic E-state index is 13.7. The van der Waals surface area contributed by atoms with Crippen molar-refractivity contribution in [2.45, 2.75) is 19.9 Å². The number of nitrogens with one attached hydrogen (secondary N) is 2. The average molecular weight is 401 g/mol. The predicted molar refractivity (Wildman–Crippen MR) is 114 cm³/mol. The summed E-state index contributed by atoms with van der Waals surface area (Å²) in [7, 11) is 1.66. The number of nitrogens with zero attached hydrogens (tertiary/aromatic N) is 2. The van der Waals surface area contributed by atoms with Gasteiger partial charge in [-0.3, -0.25) is 4.98 Å². The van der Waals surface area contributed by atoms with Gasteiger partial charge in [0.1, 0.15) is 5.82 Å². The number of benzene rings is 1. The van der Waals surface area contributed by atoms with Crippen molar-refractivity contribution < 1.29 is 9.13 Å². The fraction of sp³-hybridized carbons (Fsp3) is 0.333. The van der Waals surface area contributed by atoms with Crippen LogP contribution in [0, 0.1) is 12.7 Å². The number of methoxy groups -OCH3 is 1. The van der Waals surface area contributed by atoms with Crippen molar-refractivity contribution in [1.82, 2.24) is 20.2 Å². The highest BCUT2D eigenvalue weighted by Crippen LogP contribution is 2.24. The van der Waals surface area contributed by atoms with Crippen molar-refractivity contribution >= 4 is 28.2 Å². The molecule has 3 aromatic rings. The van der Waals surface area contributed by atoms with E-state index in [9.17, 15) is 4.39 Å². The van der Waals surface area contributed by atoms with E-state index in [1.54, 1.807) is 25.4 Å². The van der Waals surface area contributed by atoms with Gasteiger partial charge in [-0.1, -0.05) is 6.07 Å². The molecule has 3 rings (SSSR count). The van der Waals surface area contributed by atoms with Crippen LogP contribution < -0.4 is 5.32 Å². The first-order chi connectivity index (χ1) is 13.6. The van der Waals surface area contributed by atoms with E-state index in [1.807, 2.05) is 25.1 Å². The molecule has 0 saturated carbocycles. The van der Waals surface area contributed by atoms with Crippen LogP contribution in [0.25, 0.3) is 10.9 Å². The topological polar surface area (TPSA) is 53.2 Å². The third-order valence-electron chi connectivity index (χ3n) is 4.66. The summed E-state index contributed by atoms with van der Waals surface area (Å²) >= 11 is 5.60. The number of halogens is 1. The van der Waals surface area contributed by atoms with Crippen molar-refractivity contribution in [2.24, 2.45) is 0 Å². The summed E-state index contributed by atoms with van der Waals surface area (Å²) in [5, 5.41) is 4.81. The number of aromatic nitrogens is 2. The number of thiocarbonyl (C=S) groups is 1. The highest BCUT2D eigenvalue weighted by Gasteiger charge is 2.15. The van der Waals surface area contributed by atoms with Gasteiger partial charge in [-0.15, -0.1) is 0 Å². The summed E-state index contributed by atoms with van der Waals surface area (Å²) in [4.78, 5) is 9.84. The highest BCUT2D eigenvalue weighted by molar-refractivity contribution is 7.80. The number of rotatable bonds is 8. The molecule has 2 N–H and O–H groups in total. The Balaban J connectivity index is 1.76. The molecule has 0 aliphatic heterocycles. The Hall–Kier alpha value is -2.51. The van der Waals surface area contributed by atoms with Crippen LogP contribution in [0.1, 0.15) is 17.0 Å². The molecule has 148 valence electrons. The molecule has 2 heterocycles. The Morgan fingerprint density at radius 1 is 1.32 bits per heavy atom. The SMILES string of the molecule is COCCNC(=S)N(CCc1c(C)[nH]c2ccc(F)cc12)Cc1ccccn1. The predicted octanol–water partition coefficient (Wildman–Crippen LogP) is 3.58. The first-order valence-corrected chi connectivity index (χ1v) is 9.67. The summed E-state index contributed by atoms with van der Waals surface area (Å²) in [5.74, 6) is -0.227. The fourth-order valence-corrected chi connectivity index (χ4v) is 3.49. The molecule has 0 spiro atoms. The fourth-order valence-electron chi connectivity index (χ4n) is 3.23. The van der Waals surface area contributed by atoms with E-state index in [2.05, 4.69) is 20.2 Å². The quantitative estimate of drug-likeness (QED) is 0.447. The van der Waals surface area contributed by atoms with Crippen LogP contribution in [0.3, 0.4) is 0 Å². The van der Waals surface area contributed by atoms with E-state index in [0.29, 0.717) is 31.4 Å². The number of fused-ring (bicyclic) bond motifs is 1. The number of pyridine rings is 1. The second-order valence-corrected chi connectivity index (χ2v) is 7.02. The molecule has 0 saturated heterocycles. The minimum Gasteiger partial charge on any atom is -0.383 e. The van der Waals surface area contributed by atoms with E-state index in [4.69, 9.17) is 17.0 Å². The van der Waals surface area contributed by atoms with Gasteiger partial charge in [-0.2, -0.15) is 0 Å². The Labute approximate surface area is 169 Å². The van der Waals surface area contributed by atoms with Crippen LogP contribution in [-0.2, 0) is 17.7 Å². The van der Waals surface area contributed by atoms with E-state index in [-0.39, 0.29) is 5.82 Å². The highest BCUT2D eigenvalue weighted by atomic mass is 32.1. The van der Waals surface area contributed by atoms with E-state index in [1.165, 1.54) is 6.07 Å². The molecule has 0 bridgehead atoms. The van der Waals surface area contributed by atoms with Gasteiger partial charge >= 0.3 is 0 Å². The van der Waals surface area contributed by atoms with Gasteiger partial charge in [0.05, 0.1) is 18.8 Å². The van der Waals surface area contributed by atoms with Gasteiger partial charge in [0.25, 0.3) is 0 Å². The van der Waals surface area contributed by atoms with E-state index in [0.717, 1.165) is 34.3 Å². The molecule has 28 heavy (non-hydrogen) atoms. The molecule has 0 radical (unpaired) electrons. The summed E-state index contributed by atoms with van der Waals surface area (Å²) < 4.78 is 18.8. The second kappa shape index (κ2) is 9.61. The number of hydrogen-bond donors (Lipinski definition) is 2. The lowest BCUT2D eigenvalue weighted by Crippen LogP contribution is -2.41. The first kappa shape index (κ1) is 20.2. The summed E-state index contributed by atoms with van der Waals surface area (Å²) in [6.07, 6.45) is 2.52. The average Bonchev–Trinajstić information content (AvgIpc) is 3.00. The van der Waals surface area contributed by atoms with Crippen molar-refractivity contribution in [2.75, 3.05) is 26.8 Å². The molecule has 0 fully saturated rings. The van der Waals surface area contributed by atoms with Gasteiger partial charge in [-0.05, 0) is 61.5 Å². The van der Waals surface area contributed by atoms with Crippen LogP contribution >= 0.6 is 12.2 Å². The van der Waals surface area contributed by atoms with Crippen molar-refractivity contribution in [3.8, 4) is 0 Å². The Morgan fingerprint density at radius 3 is 2.93 bits per heavy atom. The van der Waals surface area contributed by atoms with Crippen LogP contribution in [0.5, 0.6) is 0 Å². The molecule has 0 atom stereocenters. The first-order valence-electron chi connectivity index (χ1n) is 9.27. The van der Waals surface area contributed by atoms with Crippen molar-refractivity contribution in [3.63, 3.8) is 0 Å². The van der Waals surface area contributed by atoms with Gasteiger partial charge in [0, 0.05) is 43.0 Å². The minimum absolute atomic E-state index is 0.227. The van der Waals surface area contributed by atoms with Gasteiger partial charge < -0.3 is 19.9 Å². The summed E-state index contributed by atoms with van der Waals surface area (Å²) in [6, 6.07) is 10.7. The van der Waals surface area contributed by atoms with Crippen LogP contribution in [0.4, 0.5) is 4.39 Å². The molecular formula is C21H25FN4OS. The zero-order valence-electron chi connectivity index (χ0n) is 16.2.